The topological polar surface area (TPSA) is 0 Å². The number of hydrogen-bond acceptors (Lipinski definition) is 0. The highest BCUT2D eigenvalue weighted by molar-refractivity contribution is 5.20. The smallest absolute Gasteiger partial charge is 0.0166 e. The molecule has 0 heterocycles. The van der Waals surface area contributed by atoms with Gasteiger partial charge in [0, 0.05) is 0 Å². The molecule has 0 aromatic carbocycles. The highest BCUT2D eigenvalue weighted by Crippen LogP contribution is 2.18. The largest absolute Gasteiger partial charge is 0.0885 e. The predicted octanol–water partition coefficient (Wildman–Crippen LogP) is 4.40. The fourth-order valence-corrected chi connectivity index (χ4v) is 1.58. The first-order valence-corrected chi connectivity index (χ1v) is 5.44. The second-order valence-electron chi connectivity index (χ2n) is 3.54. The van der Waals surface area contributed by atoms with E-state index in [9.17, 15) is 0 Å². The van der Waals surface area contributed by atoms with E-state index < -0.39 is 0 Å². The molecule has 0 saturated carbocycles. The van der Waals surface area contributed by atoms with E-state index in [-0.39, 0.29) is 0 Å². The SMILES string of the molecule is CC/C=C\C/C=C/C1=CCCCC1. The summed E-state index contributed by atoms with van der Waals surface area (Å²) in [6, 6.07) is 0. The van der Waals surface area contributed by atoms with Gasteiger partial charge in [0.05, 0.1) is 0 Å². The van der Waals surface area contributed by atoms with Crippen LogP contribution in [0, 0.1) is 0 Å². The Bertz CT molecular complexity index is 206. The van der Waals surface area contributed by atoms with Gasteiger partial charge in [-0.25, -0.2) is 0 Å². The standard InChI is InChI=1S/C13H20/c1-2-3-4-5-7-10-13-11-8-6-9-12-13/h3-4,7,10-11H,2,5-6,8-9,12H2,1H3/b4-3-,10-7+. The second-order valence-corrected chi connectivity index (χ2v) is 3.54. The highest BCUT2D eigenvalue weighted by Gasteiger charge is 1.98. The predicted molar refractivity (Wildman–Crippen MR) is 59.7 cm³/mol. The summed E-state index contributed by atoms with van der Waals surface area (Å²) >= 11 is 0. The third-order valence-corrected chi connectivity index (χ3v) is 2.33. The molecule has 0 atom stereocenters. The van der Waals surface area contributed by atoms with Crippen molar-refractivity contribution in [3.05, 3.63) is 36.0 Å². The molecule has 72 valence electrons. The Balaban J connectivity index is 2.22. The van der Waals surface area contributed by atoms with Crippen LogP contribution in [-0.4, -0.2) is 0 Å². The molecule has 1 rings (SSSR count). The summed E-state index contributed by atoms with van der Waals surface area (Å²) in [6.45, 7) is 2.17. The molecule has 0 nitrogen and oxygen atoms in total. The van der Waals surface area contributed by atoms with Crippen molar-refractivity contribution in [1.29, 1.82) is 0 Å². The van der Waals surface area contributed by atoms with Gasteiger partial charge in [0.2, 0.25) is 0 Å². The lowest BCUT2D eigenvalue weighted by Crippen LogP contribution is -1.87. The zero-order valence-electron chi connectivity index (χ0n) is 8.63. The Labute approximate surface area is 82.0 Å². The Hall–Kier alpha value is -0.780. The van der Waals surface area contributed by atoms with Crippen LogP contribution in [0.15, 0.2) is 36.0 Å². The lowest BCUT2D eigenvalue weighted by molar-refractivity contribution is 0.712. The Morgan fingerprint density at radius 1 is 1.23 bits per heavy atom. The van der Waals surface area contributed by atoms with Crippen LogP contribution in [0.4, 0.5) is 0 Å². The fourth-order valence-electron chi connectivity index (χ4n) is 1.58. The van der Waals surface area contributed by atoms with Gasteiger partial charge in [-0.05, 0) is 38.5 Å². The molecule has 0 unspecified atom stereocenters. The number of hydrogen-bond donors (Lipinski definition) is 0. The highest BCUT2D eigenvalue weighted by atomic mass is 14.0. The quantitative estimate of drug-likeness (QED) is 0.557. The monoisotopic (exact) mass is 176 g/mol. The first kappa shape index (κ1) is 10.3. The fraction of sp³-hybridized carbons (Fsp3) is 0.538. The van der Waals surface area contributed by atoms with Gasteiger partial charge in [-0.3, -0.25) is 0 Å². The van der Waals surface area contributed by atoms with Gasteiger partial charge in [-0.2, -0.15) is 0 Å². The van der Waals surface area contributed by atoms with Crippen LogP contribution in [0.3, 0.4) is 0 Å². The van der Waals surface area contributed by atoms with E-state index in [4.69, 9.17) is 0 Å². The summed E-state index contributed by atoms with van der Waals surface area (Å²) in [4.78, 5) is 0. The normalized spacial score (nSPS) is 18.4. The molecule has 13 heavy (non-hydrogen) atoms. The van der Waals surface area contributed by atoms with Crippen molar-refractivity contribution in [2.75, 3.05) is 0 Å². The van der Waals surface area contributed by atoms with Crippen LogP contribution in [0.2, 0.25) is 0 Å². The summed E-state index contributed by atoms with van der Waals surface area (Å²) in [5.74, 6) is 0. The minimum absolute atomic E-state index is 1.09. The molecule has 0 aliphatic heterocycles. The minimum atomic E-state index is 1.09. The lowest BCUT2D eigenvalue weighted by Gasteiger charge is -2.07. The first-order chi connectivity index (χ1) is 6.43. The van der Waals surface area contributed by atoms with E-state index in [1.807, 2.05) is 0 Å². The molecule has 0 N–H and O–H groups in total. The van der Waals surface area contributed by atoms with Gasteiger partial charge in [0.1, 0.15) is 0 Å². The van der Waals surface area contributed by atoms with Crippen LogP contribution >= 0.6 is 0 Å². The summed E-state index contributed by atoms with van der Waals surface area (Å²) in [5.41, 5.74) is 1.54. The van der Waals surface area contributed by atoms with E-state index in [2.05, 4.69) is 37.3 Å². The summed E-state index contributed by atoms with van der Waals surface area (Å²) in [7, 11) is 0. The minimum Gasteiger partial charge on any atom is -0.0885 e. The Morgan fingerprint density at radius 2 is 2.15 bits per heavy atom. The second kappa shape index (κ2) is 6.71. The van der Waals surface area contributed by atoms with E-state index in [0.717, 1.165) is 12.8 Å². The summed E-state index contributed by atoms with van der Waals surface area (Å²) < 4.78 is 0. The molecule has 0 radical (unpaired) electrons. The molecule has 1 aliphatic carbocycles. The molecule has 0 spiro atoms. The molecule has 0 amide bonds. The van der Waals surface area contributed by atoms with Crippen molar-refractivity contribution in [3.63, 3.8) is 0 Å². The maximum Gasteiger partial charge on any atom is -0.0166 e. The maximum atomic E-state index is 2.38. The summed E-state index contributed by atoms with van der Waals surface area (Å²) in [6.07, 6.45) is 19.0. The van der Waals surface area contributed by atoms with Crippen LogP contribution in [-0.2, 0) is 0 Å². The van der Waals surface area contributed by atoms with Crippen LogP contribution in [0.25, 0.3) is 0 Å². The third kappa shape index (κ3) is 4.72. The molecule has 1 aliphatic rings. The molecule has 0 heteroatoms. The van der Waals surface area contributed by atoms with Gasteiger partial charge in [0.25, 0.3) is 0 Å². The number of allylic oxidation sites excluding steroid dienone is 6. The van der Waals surface area contributed by atoms with Crippen molar-refractivity contribution in [1.82, 2.24) is 0 Å². The van der Waals surface area contributed by atoms with Crippen molar-refractivity contribution in [3.8, 4) is 0 Å². The molecule has 0 bridgehead atoms. The first-order valence-electron chi connectivity index (χ1n) is 5.44. The Morgan fingerprint density at radius 3 is 2.85 bits per heavy atom. The Kier molecular flexibility index (Phi) is 5.31. The van der Waals surface area contributed by atoms with Gasteiger partial charge < -0.3 is 0 Å². The molecule has 0 fully saturated rings. The molecule has 0 aromatic heterocycles. The number of rotatable bonds is 4. The van der Waals surface area contributed by atoms with Crippen LogP contribution < -0.4 is 0 Å². The van der Waals surface area contributed by atoms with Crippen LogP contribution in [0.5, 0.6) is 0 Å². The van der Waals surface area contributed by atoms with E-state index in [1.54, 1.807) is 0 Å². The van der Waals surface area contributed by atoms with Crippen molar-refractivity contribution in [2.24, 2.45) is 0 Å². The average Bonchev–Trinajstić information content (AvgIpc) is 2.19. The van der Waals surface area contributed by atoms with E-state index in [0.29, 0.717) is 0 Å². The zero-order chi connectivity index (χ0) is 9.36. The van der Waals surface area contributed by atoms with Gasteiger partial charge in [-0.1, -0.05) is 42.9 Å². The zero-order valence-corrected chi connectivity index (χ0v) is 8.63. The molecule has 0 aromatic rings. The summed E-state index contributed by atoms with van der Waals surface area (Å²) in [5, 5.41) is 0. The lowest BCUT2D eigenvalue weighted by atomic mass is 9.99. The van der Waals surface area contributed by atoms with Crippen LogP contribution in [0.1, 0.15) is 45.4 Å². The molecular formula is C13H20. The van der Waals surface area contributed by atoms with Crippen molar-refractivity contribution >= 4 is 0 Å². The van der Waals surface area contributed by atoms with Gasteiger partial charge >= 0.3 is 0 Å². The van der Waals surface area contributed by atoms with E-state index >= 15 is 0 Å². The maximum absolute atomic E-state index is 2.38. The molecular weight excluding hydrogens is 156 g/mol. The third-order valence-electron chi connectivity index (χ3n) is 2.33. The van der Waals surface area contributed by atoms with Gasteiger partial charge in [-0.15, -0.1) is 0 Å². The van der Waals surface area contributed by atoms with Gasteiger partial charge in [0.15, 0.2) is 0 Å². The van der Waals surface area contributed by atoms with Crippen molar-refractivity contribution in [2.45, 2.75) is 45.4 Å². The van der Waals surface area contributed by atoms with Crippen molar-refractivity contribution < 1.29 is 0 Å². The molecule has 0 saturated heterocycles. The van der Waals surface area contributed by atoms with E-state index in [1.165, 1.54) is 31.3 Å². The average molecular weight is 176 g/mol.